The Bertz CT molecular complexity index is 764. The summed E-state index contributed by atoms with van der Waals surface area (Å²) in [6, 6.07) is 13.6. The van der Waals surface area contributed by atoms with Gasteiger partial charge in [-0.05, 0) is 37.6 Å². The number of anilines is 1. The van der Waals surface area contributed by atoms with Crippen LogP contribution in [0.25, 0.3) is 11.0 Å². The fourth-order valence-electron chi connectivity index (χ4n) is 2.61. The Morgan fingerprint density at radius 1 is 1.24 bits per heavy atom. The van der Waals surface area contributed by atoms with Gasteiger partial charge < -0.3 is 15.4 Å². The van der Waals surface area contributed by atoms with E-state index in [0.717, 1.165) is 34.5 Å². The molecule has 0 fully saturated rings. The Morgan fingerprint density at radius 3 is 2.81 bits per heavy atom. The number of fused-ring (bicyclic) bond motifs is 1. The van der Waals surface area contributed by atoms with Gasteiger partial charge in [-0.25, -0.2) is 4.98 Å². The molecule has 0 aliphatic carbocycles. The highest BCUT2D eigenvalue weighted by atomic mass is 16.3. The van der Waals surface area contributed by atoms with E-state index in [0.29, 0.717) is 5.75 Å². The van der Waals surface area contributed by atoms with Crippen molar-refractivity contribution in [3.8, 4) is 5.75 Å². The van der Waals surface area contributed by atoms with E-state index in [1.54, 1.807) is 6.07 Å². The van der Waals surface area contributed by atoms with E-state index in [-0.39, 0.29) is 6.04 Å². The van der Waals surface area contributed by atoms with Crippen molar-refractivity contribution >= 4 is 16.7 Å². The maximum absolute atomic E-state index is 10.0. The van der Waals surface area contributed by atoms with E-state index in [2.05, 4.69) is 28.3 Å². The summed E-state index contributed by atoms with van der Waals surface area (Å²) >= 11 is 0. The van der Waals surface area contributed by atoms with E-state index < -0.39 is 0 Å². The number of hydrogen-bond acceptors (Lipinski definition) is 3. The summed E-state index contributed by atoms with van der Waals surface area (Å²) in [7, 11) is 0. The SMILES string of the molecule is CCC(Nc1ccc2nc(C)[nH]c2c1)c1ccccc1O. The number of H-pyrrole nitrogens is 1. The second-order valence-corrected chi connectivity index (χ2v) is 5.22. The molecule has 3 N–H and O–H groups in total. The largest absolute Gasteiger partial charge is 0.508 e. The molecule has 0 spiro atoms. The highest BCUT2D eigenvalue weighted by Gasteiger charge is 2.13. The van der Waals surface area contributed by atoms with Crippen molar-refractivity contribution in [3.05, 3.63) is 53.9 Å². The molecule has 0 bridgehead atoms. The summed E-state index contributed by atoms with van der Waals surface area (Å²) in [4.78, 5) is 7.64. The van der Waals surface area contributed by atoms with Gasteiger partial charge in [-0.1, -0.05) is 25.1 Å². The molecule has 0 aliphatic heterocycles. The van der Waals surface area contributed by atoms with E-state index in [1.165, 1.54) is 0 Å². The molecule has 21 heavy (non-hydrogen) atoms. The summed E-state index contributed by atoms with van der Waals surface area (Å²) in [5.74, 6) is 1.24. The number of aryl methyl sites for hydroxylation is 1. The van der Waals surface area contributed by atoms with Crippen LogP contribution in [0.3, 0.4) is 0 Å². The molecule has 0 amide bonds. The topological polar surface area (TPSA) is 60.9 Å². The van der Waals surface area contributed by atoms with Crippen LogP contribution in [-0.2, 0) is 0 Å². The van der Waals surface area contributed by atoms with Crippen molar-refractivity contribution in [3.63, 3.8) is 0 Å². The minimum absolute atomic E-state index is 0.0765. The van der Waals surface area contributed by atoms with Crippen LogP contribution in [-0.4, -0.2) is 15.1 Å². The molecule has 2 aromatic carbocycles. The average Bonchev–Trinajstić information content (AvgIpc) is 2.85. The smallest absolute Gasteiger partial charge is 0.120 e. The number of rotatable bonds is 4. The fraction of sp³-hybridized carbons (Fsp3) is 0.235. The number of hydrogen-bond donors (Lipinski definition) is 3. The number of nitrogens with zero attached hydrogens (tertiary/aromatic N) is 1. The van der Waals surface area contributed by atoms with Gasteiger partial charge in [0.15, 0.2) is 0 Å². The van der Waals surface area contributed by atoms with Crippen LogP contribution in [0.1, 0.15) is 30.8 Å². The number of nitrogens with one attached hydrogen (secondary N) is 2. The van der Waals surface area contributed by atoms with Crippen LogP contribution >= 0.6 is 0 Å². The van der Waals surface area contributed by atoms with Gasteiger partial charge in [0, 0.05) is 11.3 Å². The molecule has 1 aromatic heterocycles. The molecule has 0 radical (unpaired) electrons. The predicted octanol–water partition coefficient (Wildman–Crippen LogP) is 4.14. The molecule has 3 aromatic rings. The molecule has 4 heteroatoms. The number of phenolic OH excluding ortho intramolecular Hbond substituents is 1. The Kier molecular flexibility index (Phi) is 3.52. The fourth-order valence-corrected chi connectivity index (χ4v) is 2.61. The summed E-state index contributed by atoms with van der Waals surface area (Å²) in [6.45, 7) is 4.05. The third-order valence-electron chi connectivity index (χ3n) is 3.66. The maximum atomic E-state index is 10.0. The maximum Gasteiger partial charge on any atom is 0.120 e. The summed E-state index contributed by atoms with van der Waals surface area (Å²) < 4.78 is 0. The van der Waals surface area contributed by atoms with E-state index in [9.17, 15) is 5.11 Å². The van der Waals surface area contributed by atoms with Crippen molar-refractivity contribution < 1.29 is 5.11 Å². The first kappa shape index (κ1) is 13.5. The van der Waals surface area contributed by atoms with Gasteiger partial charge in [-0.15, -0.1) is 0 Å². The molecular weight excluding hydrogens is 262 g/mol. The van der Waals surface area contributed by atoms with Crippen LogP contribution in [0.4, 0.5) is 5.69 Å². The lowest BCUT2D eigenvalue weighted by atomic mass is 10.0. The van der Waals surface area contributed by atoms with E-state index in [1.807, 2.05) is 37.3 Å². The molecule has 1 atom stereocenters. The zero-order valence-electron chi connectivity index (χ0n) is 12.2. The molecule has 0 saturated carbocycles. The predicted molar refractivity (Wildman–Crippen MR) is 85.6 cm³/mol. The number of benzene rings is 2. The summed E-state index contributed by atoms with van der Waals surface area (Å²) in [5.41, 5.74) is 3.92. The zero-order valence-corrected chi connectivity index (χ0v) is 12.2. The first-order valence-electron chi connectivity index (χ1n) is 7.18. The second kappa shape index (κ2) is 5.48. The average molecular weight is 281 g/mol. The number of para-hydroxylation sites is 1. The lowest BCUT2D eigenvalue weighted by molar-refractivity contribution is 0.463. The Labute approximate surface area is 123 Å². The van der Waals surface area contributed by atoms with Crippen LogP contribution in [0.15, 0.2) is 42.5 Å². The van der Waals surface area contributed by atoms with Crippen LogP contribution in [0, 0.1) is 6.92 Å². The normalized spacial score (nSPS) is 12.5. The molecule has 3 rings (SSSR count). The first-order chi connectivity index (χ1) is 10.2. The van der Waals surface area contributed by atoms with Crippen molar-refractivity contribution in [1.82, 2.24) is 9.97 Å². The van der Waals surface area contributed by atoms with Gasteiger partial charge in [0.1, 0.15) is 11.6 Å². The van der Waals surface area contributed by atoms with Gasteiger partial charge in [-0.2, -0.15) is 0 Å². The third kappa shape index (κ3) is 2.70. The van der Waals surface area contributed by atoms with Gasteiger partial charge in [0.25, 0.3) is 0 Å². The van der Waals surface area contributed by atoms with Gasteiger partial charge in [-0.3, -0.25) is 0 Å². The Hall–Kier alpha value is -2.49. The number of aromatic nitrogens is 2. The highest BCUT2D eigenvalue weighted by molar-refractivity contribution is 5.79. The molecule has 0 saturated heterocycles. The highest BCUT2D eigenvalue weighted by Crippen LogP contribution is 2.29. The summed E-state index contributed by atoms with van der Waals surface area (Å²) in [5, 5.41) is 13.5. The number of aromatic amines is 1. The zero-order chi connectivity index (χ0) is 14.8. The van der Waals surface area contributed by atoms with E-state index >= 15 is 0 Å². The van der Waals surface area contributed by atoms with Crippen LogP contribution in [0.2, 0.25) is 0 Å². The third-order valence-corrected chi connectivity index (χ3v) is 3.66. The Morgan fingerprint density at radius 2 is 2.05 bits per heavy atom. The minimum Gasteiger partial charge on any atom is -0.508 e. The van der Waals surface area contributed by atoms with Gasteiger partial charge in [0.05, 0.1) is 17.1 Å². The molecule has 1 heterocycles. The minimum atomic E-state index is 0.0765. The van der Waals surface area contributed by atoms with Crippen molar-refractivity contribution in [2.45, 2.75) is 26.3 Å². The standard InChI is InChI=1S/C17H19N3O/c1-3-14(13-6-4-5-7-17(13)21)20-12-8-9-15-16(10-12)19-11(2)18-15/h4-10,14,20-21H,3H2,1-2H3,(H,18,19). The van der Waals surface area contributed by atoms with Gasteiger partial charge >= 0.3 is 0 Å². The second-order valence-electron chi connectivity index (χ2n) is 5.22. The molecular formula is C17H19N3O. The lowest BCUT2D eigenvalue weighted by Gasteiger charge is -2.19. The van der Waals surface area contributed by atoms with Crippen molar-refractivity contribution in [2.75, 3.05) is 5.32 Å². The first-order valence-corrected chi connectivity index (χ1v) is 7.18. The van der Waals surface area contributed by atoms with Gasteiger partial charge in [0.2, 0.25) is 0 Å². The lowest BCUT2D eigenvalue weighted by Crippen LogP contribution is -2.09. The number of phenols is 1. The van der Waals surface area contributed by atoms with E-state index in [4.69, 9.17) is 0 Å². The number of imidazole rings is 1. The monoisotopic (exact) mass is 281 g/mol. The molecule has 4 nitrogen and oxygen atoms in total. The van der Waals surface area contributed by atoms with Crippen molar-refractivity contribution in [2.24, 2.45) is 0 Å². The van der Waals surface area contributed by atoms with Crippen molar-refractivity contribution in [1.29, 1.82) is 0 Å². The molecule has 0 aliphatic rings. The quantitative estimate of drug-likeness (QED) is 0.673. The molecule has 108 valence electrons. The molecule has 1 unspecified atom stereocenters. The Balaban J connectivity index is 1.90. The summed E-state index contributed by atoms with van der Waals surface area (Å²) in [6.07, 6.45) is 0.887. The van der Waals surface area contributed by atoms with Crippen LogP contribution < -0.4 is 5.32 Å². The number of aromatic hydroxyl groups is 1. The van der Waals surface area contributed by atoms with Crippen LogP contribution in [0.5, 0.6) is 5.75 Å².